The van der Waals surface area contributed by atoms with Crippen LogP contribution in [-0.4, -0.2) is 37.1 Å². The first-order valence-corrected chi connectivity index (χ1v) is 6.02. The molecule has 2 unspecified atom stereocenters. The van der Waals surface area contributed by atoms with Crippen LogP contribution in [0.2, 0.25) is 0 Å². The Hall–Kier alpha value is -2.06. The molecule has 1 heterocycles. The summed E-state index contributed by atoms with van der Waals surface area (Å²) in [6.07, 6.45) is 0. The average molecular weight is 283 g/mol. The van der Waals surface area contributed by atoms with Crippen molar-refractivity contribution in [2.75, 3.05) is 25.6 Å². The minimum absolute atomic E-state index is 0.0588. The van der Waals surface area contributed by atoms with Crippen molar-refractivity contribution in [2.24, 2.45) is 5.92 Å². The number of hydrogen-bond acceptors (Lipinski definition) is 5. The predicted molar refractivity (Wildman–Crippen MR) is 68.8 cm³/mol. The fraction of sp³-hybridized carbons (Fsp3) is 0.417. The smallest absolute Gasteiger partial charge is 0.274 e. The third-order valence-electron chi connectivity index (χ3n) is 3.15. The van der Waals surface area contributed by atoms with Crippen LogP contribution in [0.1, 0.15) is 0 Å². The molecule has 20 heavy (non-hydrogen) atoms. The lowest BCUT2D eigenvalue weighted by Crippen LogP contribution is -2.39. The first kappa shape index (κ1) is 14.4. The molecule has 2 atom stereocenters. The molecule has 1 saturated heterocycles. The molecule has 0 aromatic heterocycles. The van der Waals surface area contributed by atoms with Gasteiger partial charge in [-0.25, -0.2) is 4.39 Å². The van der Waals surface area contributed by atoms with E-state index in [0.717, 1.165) is 18.2 Å². The van der Waals surface area contributed by atoms with E-state index in [1.165, 1.54) is 0 Å². The number of likely N-dealkylation sites (N-methyl/N-ethyl adjacent to an activating group) is 1. The van der Waals surface area contributed by atoms with E-state index in [1.54, 1.807) is 7.05 Å². The Morgan fingerprint density at radius 3 is 2.85 bits per heavy atom. The summed E-state index contributed by atoms with van der Waals surface area (Å²) >= 11 is 0. The molecule has 1 aliphatic rings. The van der Waals surface area contributed by atoms with E-state index in [0.29, 0.717) is 6.61 Å². The molecular weight excluding hydrogens is 269 g/mol. The number of anilines is 1. The van der Waals surface area contributed by atoms with E-state index in [4.69, 9.17) is 4.74 Å². The highest BCUT2D eigenvalue weighted by molar-refractivity contribution is 5.93. The lowest BCUT2D eigenvalue weighted by atomic mass is 10.0. The third kappa shape index (κ3) is 3.09. The molecule has 8 heteroatoms. The lowest BCUT2D eigenvalue weighted by Gasteiger charge is -2.16. The second-order valence-corrected chi connectivity index (χ2v) is 4.48. The van der Waals surface area contributed by atoms with Crippen molar-refractivity contribution in [3.05, 3.63) is 34.1 Å². The van der Waals surface area contributed by atoms with Crippen molar-refractivity contribution >= 4 is 17.3 Å². The van der Waals surface area contributed by atoms with Crippen LogP contribution in [0.15, 0.2) is 18.2 Å². The van der Waals surface area contributed by atoms with E-state index in [2.05, 4.69) is 10.6 Å². The Labute approximate surface area is 114 Å². The minimum Gasteiger partial charge on any atom is -0.379 e. The zero-order chi connectivity index (χ0) is 14.7. The topological polar surface area (TPSA) is 93.5 Å². The van der Waals surface area contributed by atoms with E-state index in [-0.39, 0.29) is 24.2 Å². The highest BCUT2D eigenvalue weighted by atomic mass is 19.1. The maximum atomic E-state index is 13.3. The van der Waals surface area contributed by atoms with Gasteiger partial charge in [-0.05, 0) is 13.1 Å². The minimum atomic E-state index is -0.776. The molecule has 1 amide bonds. The van der Waals surface area contributed by atoms with Gasteiger partial charge in [0.25, 0.3) is 5.69 Å². The molecule has 1 aliphatic heterocycles. The number of non-ortho nitro benzene ring substituents is 1. The van der Waals surface area contributed by atoms with Gasteiger partial charge in [0.1, 0.15) is 5.82 Å². The number of nitrogens with one attached hydrogen (secondary N) is 2. The van der Waals surface area contributed by atoms with Gasteiger partial charge in [-0.15, -0.1) is 0 Å². The van der Waals surface area contributed by atoms with Crippen LogP contribution in [0.5, 0.6) is 0 Å². The fourth-order valence-electron chi connectivity index (χ4n) is 2.08. The summed E-state index contributed by atoms with van der Waals surface area (Å²) in [6.45, 7) is 0.673. The van der Waals surface area contributed by atoms with Gasteiger partial charge in [0.05, 0.1) is 35.8 Å². The van der Waals surface area contributed by atoms with E-state index < -0.39 is 22.3 Å². The number of benzene rings is 1. The van der Waals surface area contributed by atoms with E-state index in [1.807, 2.05) is 0 Å². The number of halogens is 1. The monoisotopic (exact) mass is 283 g/mol. The van der Waals surface area contributed by atoms with Crippen molar-refractivity contribution in [3.8, 4) is 0 Å². The molecule has 1 aromatic carbocycles. The van der Waals surface area contributed by atoms with Crippen LogP contribution in [0, 0.1) is 21.8 Å². The molecule has 1 aromatic rings. The molecule has 0 aliphatic carbocycles. The van der Waals surface area contributed by atoms with Crippen molar-refractivity contribution in [2.45, 2.75) is 6.04 Å². The summed E-state index contributed by atoms with van der Waals surface area (Å²) in [4.78, 5) is 22.0. The van der Waals surface area contributed by atoms with Gasteiger partial charge in [0, 0.05) is 12.1 Å². The number of carbonyl (C=O) groups excluding carboxylic acids is 1. The second-order valence-electron chi connectivity index (χ2n) is 4.48. The SMILES string of the molecule is CNC1COCC1C(=O)Nc1cc(F)cc([N+](=O)[O-])c1. The molecule has 0 spiro atoms. The summed E-state index contributed by atoms with van der Waals surface area (Å²) in [6, 6.07) is 2.82. The maximum Gasteiger partial charge on any atom is 0.274 e. The molecule has 0 saturated carbocycles. The van der Waals surface area contributed by atoms with Crippen LogP contribution >= 0.6 is 0 Å². The maximum absolute atomic E-state index is 13.3. The zero-order valence-corrected chi connectivity index (χ0v) is 10.8. The van der Waals surface area contributed by atoms with Crippen molar-refractivity contribution in [1.29, 1.82) is 0 Å². The molecule has 2 N–H and O–H groups in total. The molecule has 7 nitrogen and oxygen atoms in total. The van der Waals surface area contributed by atoms with E-state index >= 15 is 0 Å². The zero-order valence-electron chi connectivity index (χ0n) is 10.8. The predicted octanol–water partition coefficient (Wildman–Crippen LogP) is 0.907. The van der Waals surface area contributed by atoms with Gasteiger partial charge < -0.3 is 15.4 Å². The second kappa shape index (κ2) is 5.93. The molecule has 0 radical (unpaired) electrons. The highest BCUT2D eigenvalue weighted by Crippen LogP contribution is 2.22. The first-order chi connectivity index (χ1) is 9.51. The summed E-state index contributed by atoms with van der Waals surface area (Å²) in [5, 5.41) is 16.1. The number of nitro groups is 1. The fourth-order valence-corrected chi connectivity index (χ4v) is 2.08. The first-order valence-electron chi connectivity index (χ1n) is 6.02. The molecular formula is C12H14FN3O4. The number of nitro benzene ring substituents is 1. The normalized spacial score (nSPS) is 21.7. The molecule has 2 rings (SSSR count). The number of amides is 1. The summed E-state index contributed by atoms with van der Waals surface area (Å²) < 4.78 is 18.5. The summed E-state index contributed by atoms with van der Waals surface area (Å²) in [5.41, 5.74) is -0.350. The largest absolute Gasteiger partial charge is 0.379 e. The number of carbonyl (C=O) groups is 1. The van der Waals surface area contributed by atoms with Gasteiger partial charge in [-0.2, -0.15) is 0 Å². The standard InChI is InChI=1S/C12H14FN3O4/c1-14-11-6-20-5-10(11)12(17)15-8-2-7(13)3-9(4-8)16(18)19/h2-4,10-11,14H,5-6H2,1H3,(H,15,17). The van der Waals surface area contributed by atoms with Crippen LogP contribution in [0.3, 0.4) is 0 Å². The number of rotatable bonds is 4. The molecule has 1 fully saturated rings. The number of ether oxygens (including phenoxy) is 1. The van der Waals surface area contributed by atoms with Gasteiger partial charge in [0.15, 0.2) is 0 Å². The Bertz CT molecular complexity index is 537. The van der Waals surface area contributed by atoms with E-state index in [9.17, 15) is 19.3 Å². The van der Waals surface area contributed by atoms with Gasteiger partial charge in [-0.1, -0.05) is 0 Å². The lowest BCUT2D eigenvalue weighted by molar-refractivity contribution is -0.385. The Morgan fingerprint density at radius 1 is 1.45 bits per heavy atom. The van der Waals surface area contributed by atoms with Gasteiger partial charge >= 0.3 is 0 Å². The third-order valence-corrected chi connectivity index (χ3v) is 3.15. The summed E-state index contributed by atoms with van der Waals surface area (Å²) in [7, 11) is 1.71. The number of hydrogen-bond donors (Lipinski definition) is 2. The number of nitrogens with zero attached hydrogens (tertiary/aromatic N) is 1. The summed E-state index contributed by atoms with van der Waals surface area (Å²) in [5.74, 6) is -1.55. The Morgan fingerprint density at radius 2 is 2.20 bits per heavy atom. The van der Waals surface area contributed by atoms with Crippen LogP contribution in [-0.2, 0) is 9.53 Å². The Balaban J connectivity index is 2.13. The molecule has 0 bridgehead atoms. The quantitative estimate of drug-likeness (QED) is 0.632. The average Bonchev–Trinajstić information content (AvgIpc) is 2.86. The Kier molecular flexibility index (Phi) is 4.26. The van der Waals surface area contributed by atoms with Crippen LogP contribution in [0.25, 0.3) is 0 Å². The van der Waals surface area contributed by atoms with Gasteiger partial charge in [0.2, 0.25) is 5.91 Å². The van der Waals surface area contributed by atoms with Crippen molar-refractivity contribution in [3.63, 3.8) is 0 Å². The van der Waals surface area contributed by atoms with Crippen molar-refractivity contribution < 1.29 is 18.8 Å². The van der Waals surface area contributed by atoms with Crippen LogP contribution < -0.4 is 10.6 Å². The van der Waals surface area contributed by atoms with Crippen molar-refractivity contribution in [1.82, 2.24) is 5.32 Å². The molecule has 108 valence electrons. The van der Waals surface area contributed by atoms with Gasteiger partial charge in [-0.3, -0.25) is 14.9 Å². The highest BCUT2D eigenvalue weighted by Gasteiger charge is 2.33. The van der Waals surface area contributed by atoms with Crippen LogP contribution in [0.4, 0.5) is 15.8 Å².